The van der Waals surface area contributed by atoms with Crippen molar-refractivity contribution in [1.29, 1.82) is 0 Å². The SMILES string of the molecule is Nc1c(NCc2cccc(CNC(=O)c3cc(C(=O)O)n4[nH]c(=O)cc4n3)c2)c(=O)c1=O. The second kappa shape index (κ2) is 7.83. The minimum absolute atomic E-state index is 0.00530. The second-order valence-electron chi connectivity index (χ2n) is 6.95. The van der Waals surface area contributed by atoms with E-state index in [9.17, 15) is 29.1 Å². The molecule has 2 heterocycles. The second-order valence-corrected chi connectivity index (χ2v) is 6.95. The van der Waals surface area contributed by atoms with Crippen LogP contribution in [0, 0.1) is 0 Å². The molecule has 2 aromatic heterocycles. The van der Waals surface area contributed by atoms with Crippen molar-refractivity contribution in [2.45, 2.75) is 13.1 Å². The molecule has 0 aliphatic carbocycles. The highest BCUT2D eigenvalue weighted by Gasteiger charge is 2.18. The first-order valence-electron chi connectivity index (χ1n) is 9.29. The zero-order chi connectivity index (χ0) is 23.0. The van der Waals surface area contributed by atoms with Gasteiger partial charge in [-0.3, -0.25) is 24.3 Å². The van der Waals surface area contributed by atoms with Crippen molar-refractivity contribution in [2.24, 2.45) is 0 Å². The van der Waals surface area contributed by atoms with Gasteiger partial charge in [-0.15, -0.1) is 0 Å². The lowest BCUT2D eigenvalue weighted by Gasteiger charge is -2.11. The molecule has 0 aliphatic heterocycles. The summed E-state index contributed by atoms with van der Waals surface area (Å²) in [5, 5.41) is 17.1. The van der Waals surface area contributed by atoms with Crippen molar-refractivity contribution < 1.29 is 14.7 Å². The molecular formula is C20H16N6O6. The van der Waals surface area contributed by atoms with Gasteiger partial charge in [0.05, 0.1) is 0 Å². The maximum absolute atomic E-state index is 12.5. The number of carboxylic acid groups (broad SMARTS) is 1. The van der Waals surface area contributed by atoms with E-state index in [0.717, 1.165) is 27.8 Å². The number of carbonyl (C=O) groups excluding carboxylic acids is 1. The minimum atomic E-state index is -1.33. The van der Waals surface area contributed by atoms with Gasteiger partial charge >= 0.3 is 5.97 Å². The lowest BCUT2D eigenvalue weighted by atomic mass is 10.1. The van der Waals surface area contributed by atoms with Crippen LogP contribution in [-0.4, -0.2) is 31.6 Å². The van der Waals surface area contributed by atoms with Crippen LogP contribution in [0.4, 0.5) is 11.4 Å². The van der Waals surface area contributed by atoms with E-state index in [1.807, 2.05) is 0 Å². The van der Waals surface area contributed by atoms with Gasteiger partial charge in [-0.1, -0.05) is 24.3 Å². The molecule has 162 valence electrons. The molecule has 2 aromatic carbocycles. The van der Waals surface area contributed by atoms with Gasteiger partial charge in [0.1, 0.15) is 17.1 Å². The summed E-state index contributed by atoms with van der Waals surface area (Å²) in [4.78, 5) is 62.1. The lowest BCUT2D eigenvalue weighted by Crippen LogP contribution is -2.36. The summed E-state index contributed by atoms with van der Waals surface area (Å²) < 4.78 is 0.987. The van der Waals surface area contributed by atoms with Crippen LogP contribution < -0.4 is 32.8 Å². The Morgan fingerprint density at radius 1 is 1.06 bits per heavy atom. The van der Waals surface area contributed by atoms with E-state index in [2.05, 4.69) is 20.7 Å². The fraction of sp³-hybridized carbons (Fsp3) is 0.100. The zero-order valence-electron chi connectivity index (χ0n) is 16.3. The predicted molar refractivity (Wildman–Crippen MR) is 113 cm³/mol. The number of anilines is 2. The normalized spacial score (nSPS) is 11.0. The van der Waals surface area contributed by atoms with Crippen molar-refractivity contribution in [3.63, 3.8) is 0 Å². The van der Waals surface area contributed by atoms with Crippen LogP contribution >= 0.6 is 0 Å². The molecule has 6 N–H and O–H groups in total. The molecule has 0 spiro atoms. The van der Waals surface area contributed by atoms with Crippen LogP contribution in [0.25, 0.3) is 5.65 Å². The Labute approximate surface area is 178 Å². The molecule has 4 aromatic rings. The highest BCUT2D eigenvalue weighted by atomic mass is 16.4. The van der Waals surface area contributed by atoms with Gasteiger partial charge in [0.2, 0.25) is 0 Å². The van der Waals surface area contributed by atoms with Crippen molar-refractivity contribution >= 4 is 28.9 Å². The number of aromatic nitrogens is 3. The van der Waals surface area contributed by atoms with Gasteiger partial charge in [0.15, 0.2) is 11.3 Å². The lowest BCUT2D eigenvalue weighted by molar-refractivity contribution is 0.0687. The van der Waals surface area contributed by atoms with Crippen molar-refractivity contribution in [2.75, 3.05) is 11.1 Å². The quantitative estimate of drug-likeness (QED) is 0.236. The molecule has 0 bridgehead atoms. The number of aromatic carboxylic acids is 1. The van der Waals surface area contributed by atoms with E-state index in [1.165, 1.54) is 0 Å². The summed E-state index contributed by atoms with van der Waals surface area (Å²) in [6.07, 6.45) is 0. The average Bonchev–Trinajstić information content (AvgIpc) is 3.16. The number of hydrogen-bond donors (Lipinski definition) is 5. The molecule has 0 radical (unpaired) electrons. The summed E-state index contributed by atoms with van der Waals surface area (Å²) in [6, 6.07) is 9.24. The number of carbonyl (C=O) groups is 2. The van der Waals surface area contributed by atoms with Gasteiger partial charge < -0.3 is 21.5 Å². The number of hydrogen-bond acceptors (Lipinski definition) is 8. The Bertz CT molecular complexity index is 1510. The maximum Gasteiger partial charge on any atom is 0.354 e. The molecule has 0 saturated carbocycles. The Kier molecular flexibility index (Phi) is 5.02. The largest absolute Gasteiger partial charge is 0.477 e. The number of carboxylic acids is 1. The topological polar surface area (TPSA) is 189 Å². The summed E-state index contributed by atoms with van der Waals surface area (Å²) in [6.45, 7) is 0.364. The minimum Gasteiger partial charge on any atom is -0.477 e. The van der Waals surface area contributed by atoms with Crippen LogP contribution in [0.2, 0.25) is 0 Å². The average molecular weight is 436 g/mol. The first-order chi connectivity index (χ1) is 15.2. The molecule has 0 aliphatic rings. The molecule has 12 nitrogen and oxygen atoms in total. The maximum atomic E-state index is 12.5. The Morgan fingerprint density at radius 3 is 2.47 bits per heavy atom. The van der Waals surface area contributed by atoms with Crippen LogP contribution in [0.15, 0.2) is 50.8 Å². The summed E-state index contributed by atoms with van der Waals surface area (Å²) in [7, 11) is 0. The third kappa shape index (κ3) is 3.71. The number of benzene rings is 1. The summed E-state index contributed by atoms with van der Waals surface area (Å²) >= 11 is 0. The van der Waals surface area contributed by atoms with Crippen molar-refractivity contribution in [1.82, 2.24) is 19.9 Å². The highest BCUT2D eigenvalue weighted by molar-refractivity contribution is 5.95. The number of nitrogens with two attached hydrogens (primary N) is 1. The molecule has 32 heavy (non-hydrogen) atoms. The van der Waals surface area contributed by atoms with Crippen LogP contribution in [0.5, 0.6) is 0 Å². The van der Waals surface area contributed by atoms with Gasteiger partial charge in [0, 0.05) is 25.2 Å². The smallest absolute Gasteiger partial charge is 0.354 e. The van der Waals surface area contributed by atoms with E-state index in [0.29, 0.717) is 0 Å². The fourth-order valence-corrected chi connectivity index (χ4v) is 3.17. The van der Waals surface area contributed by atoms with Crippen LogP contribution in [-0.2, 0) is 13.1 Å². The molecule has 0 fully saturated rings. The molecule has 0 saturated heterocycles. The molecule has 0 unspecified atom stereocenters. The van der Waals surface area contributed by atoms with E-state index >= 15 is 0 Å². The van der Waals surface area contributed by atoms with Gasteiger partial charge in [-0.2, -0.15) is 0 Å². The van der Waals surface area contributed by atoms with Gasteiger partial charge in [0.25, 0.3) is 22.3 Å². The monoisotopic (exact) mass is 436 g/mol. The zero-order valence-corrected chi connectivity index (χ0v) is 16.3. The van der Waals surface area contributed by atoms with Gasteiger partial charge in [-0.25, -0.2) is 14.3 Å². The molecule has 0 atom stereocenters. The first kappa shape index (κ1) is 20.5. The molecular weight excluding hydrogens is 420 g/mol. The number of H-pyrrole nitrogens is 1. The molecule has 1 amide bonds. The van der Waals surface area contributed by atoms with Crippen LogP contribution in [0.1, 0.15) is 32.1 Å². The number of fused-ring (bicyclic) bond motifs is 1. The summed E-state index contributed by atoms with van der Waals surface area (Å²) in [5.74, 6) is -1.95. The van der Waals surface area contributed by atoms with Crippen LogP contribution in [0.3, 0.4) is 0 Å². The van der Waals surface area contributed by atoms with E-state index in [4.69, 9.17) is 5.73 Å². The predicted octanol–water partition coefficient (Wildman–Crippen LogP) is -0.559. The number of amides is 1. The number of rotatable bonds is 7. The number of nitrogens with one attached hydrogen (secondary N) is 3. The van der Waals surface area contributed by atoms with Gasteiger partial charge in [-0.05, 0) is 11.1 Å². The number of nitrogen functional groups attached to an aromatic ring is 1. The fourth-order valence-electron chi connectivity index (χ4n) is 3.17. The van der Waals surface area contributed by atoms with E-state index in [1.54, 1.807) is 24.3 Å². The molecule has 4 rings (SSSR count). The Hall–Kier alpha value is -4.74. The first-order valence-corrected chi connectivity index (χ1v) is 9.29. The number of aromatic amines is 1. The Balaban J connectivity index is 1.46. The Morgan fingerprint density at radius 2 is 1.78 bits per heavy atom. The van der Waals surface area contributed by atoms with Crippen molar-refractivity contribution in [3.8, 4) is 0 Å². The standard InChI is InChI=1S/C20H16N6O6/c21-15-16(18(29)17(15)28)22-7-9-2-1-3-10(4-9)8-23-19(30)11-5-12(20(31)32)26-13(24-11)6-14(27)25-26/h1-6,22H,7-8,21H2,(H,23,30)(H,25,27)(H,31,32). The van der Waals surface area contributed by atoms with Crippen molar-refractivity contribution in [3.05, 3.63) is 89.7 Å². The number of nitrogens with zero attached hydrogens (tertiary/aromatic N) is 2. The summed E-state index contributed by atoms with van der Waals surface area (Å²) in [5.41, 5.74) is 4.63. The third-order valence-electron chi connectivity index (χ3n) is 4.77. The highest BCUT2D eigenvalue weighted by Crippen LogP contribution is 2.13. The van der Waals surface area contributed by atoms with E-state index < -0.39 is 28.3 Å². The molecule has 12 heteroatoms. The van der Waals surface area contributed by atoms with E-state index in [-0.39, 0.29) is 41.5 Å². The third-order valence-corrected chi connectivity index (χ3v) is 4.77.